The Morgan fingerprint density at radius 2 is 1.94 bits per heavy atom. The molecule has 0 unspecified atom stereocenters. The highest BCUT2D eigenvalue weighted by Gasteiger charge is 2.38. The lowest BCUT2D eigenvalue weighted by Gasteiger charge is -2.34. The van der Waals surface area contributed by atoms with E-state index in [0.717, 1.165) is 10.9 Å². The Hall–Kier alpha value is -3.49. The zero-order valence-electron chi connectivity index (χ0n) is 17.3. The summed E-state index contributed by atoms with van der Waals surface area (Å²) in [6.07, 6.45) is 1.80. The largest absolute Gasteiger partial charge is 0.434 e. The number of aryl methyl sites for hydroxylation is 2. The van der Waals surface area contributed by atoms with Gasteiger partial charge in [0.05, 0.1) is 22.3 Å². The number of nitrogens with one attached hydrogen (secondary N) is 2. The summed E-state index contributed by atoms with van der Waals surface area (Å²) >= 11 is 0. The highest BCUT2D eigenvalue weighted by Crippen LogP contribution is 2.47. The summed E-state index contributed by atoms with van der Waals surface area (Å²) in [4.78, 5) is 3.12. The van der Waals surface area contributed by atoms with Crippen molar-refractivity contribution in [3.05, 3.63) is 53.5 Å². The number of halogens is 3. The van der Waals surface area contributed by atoms with Crippen LogP contribution in [0.3, 0.4) is 0 Å². The summed E-state index contributed by atoms with van der Waals surface area (Å²) in [5, 5.41) is 12.4. The minimum Gasteiger partial charge on any atom is -0.434 e. The molecule has 0 spiro atoms. The summed E-state index contributed by atoms with van der Waals surface area (Å²) in [5.74, 6) is 0.0782. The maximum atomic E-state index is 16.2. The van der Waals surface area contributed by atoms with Gasteiger partial charge < -0.3 is 15.0 Å². The molecule has 1 aliphatic rings. The van der Waals surface area contributed by atoms with Crippen molar-refractivity contribution < 1.29 is 17.9 Å². The van der Waals surface area contributed by atoms with E-state index in [1.165, 1.54) is 6.07 Å². The average Bonchev–Trinajstić information content (AvgIpc) is 3.25. The number of benzene rings is 2. The van der Waals surface area contributed by atoms with Crippen molar-refractivity contribution in [3.63, 3.8) is 0 Å². The van der Waals surface area contributed by atoms with Crippen molar-refractivity contribution in [1.82, 2.24) is 19.7 Å². The quantitative estimate of drug-likeness (QED) is 0.457. The standard InChI is InChI=1S/C22H20F3N5O/c1-10-9-26-18-12(10)6-5-7-13(18)16-15(31-21(24)25)8-14-19(17(16)23)30-11(2)28-29-20(30)22(3,4)27-14/h5-9,21,26-27H,1-4H3. The van der Waals surface area contributed by atoms with E-state index in [4.69, 9.17) is 4.74 Å². The molecule has 2 aromatic carbocycles. The van der Waals surface area contributed by atoms with Crippen molar-refractivity contribution in [3.8, 4) is 22.6 Å². The van der Waals surface area contributed by atoms with Gasteiger partial charge in [-0.3, -0.25) is 4.57 Å². The van der Waals surface area contributed by atoms with E-state index in [9.17, 15) is 8.78 Å². The predicted octanol–water partition coefficient (Wildman–Crippen LogP) is 5.43. The maximum absolute atomic E-state index is 16.2. The molecule has 0 aliphatic carbocycles. The predicted molar refractivity (Wildman–Crippen MR) is 111 cm³/mol. The second-order valence-corrected chi connectivity index (χ2v) is 8.19. The smallest absolute Gasteiger partial charge is 0.387 e. The molecule has 1 aliphatic heterocycles. The van der Waals surface area contributed by atoms with E-state index in [2.05, 4.69) is 20.5 Å². The van der Waals surface area contributed by atoms with Crippen LogP contribution in [0.4, 0.5) is 18.9 Å². The molecular weight excluding hydrogens is 407 g/mol. The van der Waals surface area contributed by atoms with Gasteiger partial charge in [0.15, 0.2) is 11.6 Å². The number of hydrogen-bond donors (Lipinski definition) is 2. The fraction of sp³-hybridized carbons (Fsp3) is 0.273. The van der Waals surface area contributed by atoms with Crippen LogP contribution in [0.5, 0.6) is 5.75 Å². The fourth-order valence-corrected chi connectivity index (χ4v) is 4.30. The fourth-order valence-electron chi connectivity index (χ4n) is 4.30. The van der Waals surface area contributed by atoms with Crippen molar-refractivity contribution in [2.45, 2.75) is 39.8 Å². The van der Waals surface area contributed by atoms with E-state index in [-0.39, 0.29) is 17.0 Å². The van der Waals surface area contributed by atoms with Gasteiger partial charge in [-0.05, 0) is 33.3 Å². The van der Waals surface area contributed by atoms with Crippen molar-refractivity contribution in [2.75, 3.05) is 5.32 Å². The van der Waals surface area contributed by atoms with Gasteiger partial charge in [-0.25, -0.2) is 4.39 Å². The summed E-state index contributed by atoms with van der Waals surface area (Å²) in [6.45, 7) is 4.25. The Morgan fingerprint density at radius 3 is 2.68 bits per heavy atom. The minimum absolute atomic E-state index is 0.0490. The van der Waals surface area contributed by atoms with Gasteiger partial charge in [-0.2, -0.15) is 8.78 Å². The van der Waals surface area contributed by atoms with Crippen LogP contribution in [0.15, 0.2) is 30.5 Å². The molecule has 0 atom stereocenters. The van der Waals surface area contributed by atoms with Crippen molar-refractivity contribution in [2.24, 2.45) is 0 Å². The number of para-hydroxylation sites is 1. The zero-order chi connectivity index (χ0) is 22.1. The summed E-state index contributed by atoms with van der Waals surface area (Å²) in [5.41, 5.74) is 1.79. The van der Waals surface area contributed by atoms with Crippen molar-refractivity contribution >= 4 is 16.6 Å². The number of hydrogen-bond acceptors (Lipinski definition) is 4. The molecule has 0 fully saturated rings. The first-order chi connectivity index (χ1) is 14.7. The Labute approximate surface area is 176 Å². The normalized spacial score (nSPS) is 14.5. The molecule has 0 bridgehead atoms. The molecule has 0 amide bonds. The number of rotatable bonds is 3. The van der Waals surface area contributed by atoms with Crippen LogP contribution < -0.4 is 10.1 Å². The molecule has 2 N–H and O–H groups in total. The first-order valence-corrected chi connectivity index (χ1v) is 9.78. The van der Waals surface area contributed by atoms with Gasteiger partial charge in [0.25, 0.3) is 0 Å². The molecule has 3 heterocycles. The monoisotopic (exact) mass is 427 g/mol. The number of fused-ring (bicyclic) bond motifs is 4. The topological polar surface area (TPSA) is 67.8 Å². The molecule has 160 valence electrons. The van der Waals surface area contributed by atoms with Crippen LogP contribution in [-0.4, -0.2) is 26.4 Å². The molecule has 0 radical (unpaired) electrons. The van der Waals surface area contributed by atoms with E-state index < -0.39 is 18.0 Å². The lowest BCUT2D eigenvalue weighted by Crippen LogP contribution is -2.36. The van der Waals surface area contributed by atoms with E-state index in [1.54, 1.807) is 29.8 Å². The van der Waals surface area contributed by atoms with Gasteiger partial charge in [0.2, 0.25) is 0 Å². The molecule has 2 aromatic heterocycles. The van der Waals surface area contributed by atoms with E-state index >= 15 is 4.39 Å². The van der Waals surface area contributed by atoms with Gasteiger partial charge in [0, 0.05) is 23.2 Å². The Balaban J connectivity index is 1.87. The van der Waals surface area contributed by atoms with E-state index in [0.29, 0.717) is 28.4 Å². The lowest BCUT2D eigenvalue weighted by molar-refractivity contribution is -0.0495. The summed E-state index contributed by atoms with van der Waals surface area (Å²) in [7, 11) is 0. The lowest BCUT2D eigenvalue weighted by atomic mass is 9.95. The summed E-state index contributed by atoms with van der Waals surface area (Å²) in [6, 6.07) is 6.75. The Bertz CT molecular complexity index is 1340. The maximum Gasteiger partial charge on any atom is 0.387 e. The third kappa shape index (κ3) is 2.79. The third-order valence-corrected chi connectivity index (χ3v) is 5.67. The van der Waals surface area contributed by atoms with Crippen LogP contribution >= 0.6 is 0 Å². The SMILES string of the molecule is Cc1c[nH]c2c(-c3c(OC(F)F)cc4c(c3F)-n3c(C)nnc3C(C)(C)N4)cccc12. The Morgan fingerprint density at radius 1 is 1.16 bits per heavy atom. The minimum atomic E-state index is -3.11. The second-order valence-electron chi connectivity index (χ2n) is 8.19. The van der Waals surface area contributed by atoms with E-state index in [1.807, 2.05) is 26.8 Å². The van der Waals surface area contributed by atoms with Crippen molar-refractivity contribution in [1.29, 1.82) is 0 Å². The molecule has 6 nitrogen and oxygen atoms in total. The van der Waals surface area contributed by atoms with Crippen LogP contribution in [0.25, 0.3) is 27.7 Å². The van der Waals surface area contributed by atoms with Crippen LogP contribution in [-0.2, 0) is 5.54 Å². The van der Waals surface area contributed by atoms with Crippen LogP contribution in [0.1, 0.15) is 31.1 Å². The van der Waals surface area contributed by atoms with Crippen LogP contribution in [0.2, 0.25) is 0 Å². The molecule has 0 saturated heterocycles. The number of aromatic amines is 1. The highest BCUT2D eigenvalue weighted by atomic mass is 19.3. The van der Waals surface area contributed by atoms with Gasteiger partial charge >= 0.3 is 6.61 Å². The van der Waals surface area contributed by atoms with Gasteiger partial charge in [-0.15, -0.1) is 10.2 Å². The number of nitrogens with zero attached hydrogens (tertiary/aromatic N) is 3. The molecular formula is C22H20F3N5O. The second kappa shape index (κ2) is 6.50. The third-order valence-electron chi connectivity index (χ3n) is 5.67. The number of ether oxygens (including phenoxy) is 1. The average molecular weight is 427 g/mol. The number of anilines is 1. The molecule has 0 saturated carbocycles. The Kier molecular flexibility index (Phi) is 4.08. The summed E-state index contributed by atoms with van der Waals surface area (Å²) < 4.78 is 49.3. The van der Waals surface area contributed by atoms with Crippen LogP contribution in [0, 0.1) is 19.7 Å². The first kappa shape index (κ1) is 19.5. The highest BCUT2D eigenvalue weighted by molar-refractivity contribution is 5.98. The van der Waals surface area contributed by atoms with Gasteiger partial charge in [0.1, 0.15) is 17.3 Å². The number of H-pyrrole nitrogens is 1. The zero-order valence-corrected chi connectivity index (χ0v) is 17.3. The van der Waals surface area contributed by atoms with Gasteiger partial charge in [-0.1, -0.05) is 18.2 Å². The number of alkyl halides is 2. The molecule has 4 aromatic rings. The number of aromatic nitrogens is 4. The molecule has 9 heteroatoms. The first-order valence-electron chi connectivity index (χ1n) is 9.78. The molecule has 5 rings (SSSR count). The molecule has 31 heavy (non-hydrogen) atoms.